The summed E-state index contributed by atoms with van der Waals surface area (Å²) in [5, 5.41) is 0.309. The Hall–Kier alpha value is -0.560. The zero-order chi connectivity index (χ0) is 10.7. The quantitative estimate of drug-likeness (QED) is 0.664. The Balaban J connectivity index is 1.98. The largest absolute Gasteiger partial charge is 0.207 e. The predicted molar refractivity (Wildman–Crippen MR) is 61.7 cm³/mol. The molecule has 2 unspecified atom stereocenters. The molecule has 0 amide bonds. The molecular weight excluding hydrogens is 211 g/mol. The molecule has 1 aromatic rings. The number of hydrogen-bond acceptors (Lipinski definition) is 0. The monoisotopic (exact) mass is 226 g/mol. The van der Waals surface area contributed by atoms with Gasteiger partial charge >= 0.3 is 0 Å². The Kier molecular flexibility index (Phi) is 3.63. The van der Waals surface area contributed by atoms with Gasteiger partial charge in [-0.25, -0.2) is 4.39 Å². The van der Waals surface area contributed by atoms with Crippen molar-refractivity contribution in [1.82, 2.24) is 0 Å². The molecule has 0 aromatic heterocycles. The number of benzene rings is 1. The molecule has 1 aliphatic rings. The van der Waals surface area contributed by atoms with Gasteiger partial charge in [-0.05, 0) is 42.9 Å². The molecular formula is C13H16ClF. The predicted octanol–water partition coefficient (Wildman–Crippen LogP) is 4.17. The van der Waals surface area contributed by atoms with E-state index in [2.05, 4.69) is 0 Å². The van der Waals surface area contributed by atoms with E-state index in [4.69, 9.17) is 11.6 Å². The molecule has 2 rings (SSSR count). The molecule has 15 heavy (non-hydrogen) atoms. The minimum atomic E-state index is -0.162. The van der Waals surface area contributed by atoms with Gasteiger partial charge in [-0.15, -0.1) is 11.6 Å². The van der Waals surface area contributed by atoms with Crippen LogP contribution in [0, 0.1) is 11.7 Å². The van der Waals surface area contributed by atoms with Crippen LogP contribution in [-0.2, 0) is 6.42 Å². The molecule has 0 radical (unpaired) electrons. The van der Waals surface area contributed by atoms with Crippen molar-refractivity contribution in [2.24, 2.45) is 5.92 Å². The van der Waals surface area contributed by atoms with E-state index in [-0.39, 0.29) is 5.82 Å². The molecule has 0 bridgehead atoms. The van der Waals surface area contributed by atoms with Gasteiger partial charge in [-0.1, -0.05) is 25.0 Å². The highest BCUT2D eigenvalue weighted by atomic mass is 35.5. The van der Waals surface area contributed by atoms with Crippen molar-refractivity contribution in [3.05, 3.63) is 35.6 Å². The van der Waals surface area contributed by atoms with E-state index in [0.717, 1.165) is 12.8 Å². The molecule has 0 spiro atoms. The van der Waals surface area contributed by atoms with Crippen molar-refractivity contribution in [2.75, 3.05) is 0 Å². The van der Waals surface area contributed by atoms with Crippen LogP contribution in [-0.4, -0.2) is 5.38 Å². The van der Waals surface area contributed by atoms with Crippen LogP contribution in [0.4, 0.5) is 4.39 Å². The lowest BCUT2D eigenvalue weighted by Gasteiger charge is -2.26. The van der Waals surface area contributed by atoms with Crippen LogP contribution in [0.2, 0.25) is 0 Å². The van der Waals surface area contributed by atoms with E-state index in [0.29, 0.717) is 11.3 Å². The number of halogens is 2. The average molecular weight is 227 g/mol. The molecule has 1 aliphatic carbocycles. The Morgan fingerprint density at radius 2 is 1.80 bits per heavy atom. The van der Waals surface area contributed by atoms with Gasteiger partial charge in [0.25, 0.3) is 0 Å². The molecule has 1 saturated carbocycles. The molecule has 2 heteroatoms. The average Bonchev–Trinajstić information content (AvgIpc) is 2.25. The lowest BCUT2D eigenvalue weighted by molar-refractivity contribution is 0.363. The Labute approximate surface area is 95.4 Å². The summed E-state index contributed by atoms with van der Waals surface area (Å²) in [6, 6.07) is 6.80. The first-order valence-electron chi connectivity index (χ1n) is 5.64. The maximum absolute atomic E-state index is 12.7. The van der Waals surface area contributed by atoms with Crippen LogP contribution in [0.15, 0.2) is 24.3 Å². The maximum Gasteiger partial charge on any atom is 0.123 e. The highest BCUT2D eigenvalue weighted by Crippen LogP contribution is 2.31. The summed E-state index contributed by atoms with van der Waals surface area (Å²) in [6.07, 6.45) is 5.89. The molecule has 0 N–H and O–H groups in total. The minimum Gasteiger partial charge on any atom is -0.207 e. The number of rotatable bonds is 2. The van der Waals surface area contributed by atoms with Crippen molar-refractivity contribution < 1.29 is 4.39 Å². The summed E-state index contributed by atoms with van der Waals surface area (Å²) in [7, 11) is 0. The second-order valence-electron chi connectivity index (χ2n) is 4.39. The fraction of sp³-hybridized carbons (Fsp3) is 0.538. The van der Waals surface area contributed by atoms with Crippen LogP contribution in [0.25, 0.3) is 0 Å². The first-order valence-corrected chi connectivity index (χ1v) is 6.08. The molecule has 0 heterocycles. The van der Waals surface area contributed by atoms with E-state index in [1.165, 1.54) is 37.0 Å². The second kappa shape index (κ2) is 4.98. The summed E-state index contributed by atoms with van der Waals surface area (Å²) in [5.74, 6) is 0.413. The van der Waals surface area contributed by atoms with E-state index in [1.807, 2.05) is 12.1 Å². The van der Waals surface area contributed by atoms with Crippen molar-refractivity contribution >= 4 is 11.6 Å². The zero-order valence-corrected chi connectivity index (χ0v) is 9.51. The van der Waals surface area contributed by atoms with Crippen LogP contribution < -0.4 is 0 Å². The fourth-order valence-electron chi connectivity index (χ4n) is 2.32. The lowest BCUT2D eigenvalue weighted by atomic mass is 9.84. The first-order chi connectivity index (χ1) is 7.25. The summed E-state index contributed by atoms with van der Waals surface area (Å²) >= 11 is 6.29. The standard InChI is InChI=1S/C13H16ClF/c14-13-4-2-1-3-11(13)9-10-5-7-12(15)8-6-10/h5-8,11,13H,1-4,9H2. The van der Waals surface area contributed by atoms with E-state index in [9.17, 15) is 4.39 Å². The molecule has 1 aromatic carbocycles. The van der Waals surface area contributed by atoms with Gasteiger partial charge in [0.15, 0.2) is 0 Å². The summed E-state index contributed by atoms with van der Waals surface area (Å²) in [5.41, 5.74) is 1.20. The van der Waals surface area contributed by atoms with E-state index >= 15 is 0 Å². The third-order valence-corrected chi connectivity index (χ3v) is 3.80. The smallest absolute Gasteiger partial charge is 0.123 e. The Bertz CT molecular complexity index is 307. The lowest BCUT2D eigenvalue weighted by Crippen LogP contribution is -2.21. The normalized spacial score (nSPS) is 26.5. The van der Waals surface area contributed by atoms with Crippen molar-refractivity contribution in [3.63, 3.8) is 0 Å². The van der Waals surface area contributed by atoms with Gasteiger partial charge in [-0.2, -0.15) is 0 Å². The van der Waals surface area contributed by atoms with Gasteiger partial charge in [-0.3, -0.25) is 0 Å². The van der Waals surface area contributed by atoms with Crippen molar-refractivity contribution in [1.29, 1.82) is 0 Å². The summed E-state index contributed by atoms with van der Waals surface area (Å²) in [6.45, 7) is 0. The van der Waals surface area contributed by atoms with Crippen LogP contribution in [0.5, 0.6) is 0 Å². The van der Waals surface area contributed by atoms with Gasteiger partial charge in [0.05, 0.1) is 0 Å². The molecule has 2 atom stereocenters. The van der Waals surface area contributed by atoms with Crippen molar-refractivity contribution in [3.8, 4) is 0 Å². The van der Waals surface area contributed by atoms with Crippen LogP contribution in [0.3, 0.4) is 0 Å². The molecule has 0 aliphatic heterocycles. The zero-order valence-electron chi connectivity index (χ0n) is 8.76. The molecule has 0 nitrogen and oxygen atoms in total. The highest BCUT2D eigenvalue weighted by molar-refractivity contribution is 6.20. The summed E-state index contributed by atoms with van der Waals surface area (Å²) < 4.78 is 12.7. The maximum atomic E-state index is 12.7. The Morgan fingerprint density at radius 3 is 2.47 bits per heavy atom. The molecule has 0 saturated heterocycles. The summed E-state index contributed by atoms with van der Waals surface area (Å²) in [4.78, 5) is 0. The van der Waals surface area contributed by atoms with Gasteiger partial charge < -0.3 is 0 Å². The minimum absolute atomic E-state index is 0.162. The topological polar surface area (TPSA) is 0 Å². The van der Waals surface area contributed by atoms with Crippen LogP contribution in [0.1, 0.15) is 31.2 Å². The van der Waals surface area contributed by atoms with Crippen LogP contribution >= 0.6 is 11.6 Å². The van der Waals surface area contributed by atoms with E-state index in [1.54, 1.807) is 0 Å². The third kappa shape index (κ3) is 2.94. The van der Waals surface area contributed by atoms with Crippen molar-refractivity contribution in [2.45, 2.75) is 37.5 Å². The molecule has 82 valence electrons. The number of alkyl halides is 1. The molecule has 1 fully saturated rings. The van der Waals surface area contributed by atoms with E-state index < -0.39 is 0 Å². The fourth-order valence-corrected chi connectivity index (χ4v) is 2.68. The first kappa shape index (κ1) is 10.9. The van der Waals surface area contributed by atoms with Gasteiger partial charge in [0.2, 0.25) is 0 Å². The van der Waals surface area contributed by atoms with Gasteiger partial charge in [0, 0.05) is 5.38 Å². The SMILES string of the molecule is Fc1ccc(CC2CCCCC2Cl)cc1. The number of hydrogen-bond donors (Lipinski definition) is 0. The Morgan fingerprint density at radius 1 is 1.13 bits per heavy atom. The third-order valence-electron chi connectivity index (χ3n) is 3.23. The second-order valence-corrected chi connectivity index (χ2v) is 4.95. The highest BCUT2D eigenvalue weighted by Gasteiger charge is 2.22. The van der Waals surface area contributed by atoms with Gasteiger partial charge in [0.1, 0.15) is 5.82 Å².